The van der Waals surface area contributed by atoms with Gasteiger partial charge >= 0.3 is 5.51 Å². The van der Waals surface area contributed by atoms with Gasteiger partial charge in [-0.3, -0.25) is 0 Å². The number of sulfonamides is 1. The van der Waals surface area contributed by atoms with Crippen LogP contribution in [0.1, 0.15) is 5.56 Å². The Morgan fingerprint density at radius 2 is 1.95 bits per heavy atom. The SMILES string of the molecule is NCc1cc(Br)cc(S(=O)(=O)NCCSC(F)(F)F)c1F. The van der Waals surface area contributed by atoms with E-state index >= 15 is 0 Å². The fourth-order valence-electron chi connectivity index (χ4n) is 1.38. The van der Waals surface area contributed by atoms with Crippen molar-refractivity contribution in [2.24, 2.45) is 5.73 Å². The summed E-state index contributed by atoms with van der Waals surface area (Å²) in [7, 11) is -4.26. The van der Waals surface area contributed by atoms with Crippen molar-refractivity contribution in [3.63, 3.8) is 0 Å². The highest BCUT2D eigenvalue weighted by Crippen LogP contribution is 2.29. The first kappa shape index (κ1) is 18.7. The van der Waals surface area contributed by atoms with Crippen LogP contribution in [0.3, 0.4) is 0 Å². The van der Waals surface area contributed by atoms with Gasteiger partial charge in [0.2, 0.25) is 10.0 Å². The van der Waals surface area contributed by atoms with Gasteiger partial charge in [0.25, 0.3) is 0 Å². The van der Waals surface area contributed by atoms with E-state index in [0.29, 0.717) is 4.47 Å². The second-order valence-electron chi connectivity index (χ2n) is 3.77. The second-order valence-corrected chi connectivity index (χ2v) is 7.58. The summed E-state index contributed by atoms with van der Waals surface area (Å²) in [6, 6.07) is 2.35. The summed E-state index contributed by atoms with van der Waals surface area (Å²) in [5.74, 6) is -1.53. The number of nitrogens with one attached hydrogen (secondary N) is 1. The largest absolute Gasteiger partial charge is 0.441 e. The van der Waals surface area contributed by atoms with Crippen molar-refractivity contribution in [3.8, 4) is 0 Å². The van der Waals surface area contributed by atoms with Gasteiger partial charge in [0.05, 0.1) is 0 Å². The predicted molar refractivity (Wildman–Crippen MR) is 75.7 cm³/mol. The molecule has 0 fully saturated rings. The van der Waals surface area contributed by atoms with E-state index in [1.807, 2.05) is 4.72 Å². The number of halogens is 5. The molecule has 0 saturated carbocycles. The van der Waals surface area contributed by atoms with E-state index in [1.54, 1.807) is 0 Å². The van der Waals surface area contributed by atoms with Crippen LogP contribution in [-0.4, -0.2) is 26.2 Å². The fourth-order valence-corrected chi connectivity index (χ4v) is 3.78. The van der Waals surface area contributed by atoms with Crippen LogP contribution in [0.2, 0.25) is 0 Å². The maximum atomic E-state index is 13.9. The standard InChI is InChI=1S/C10H11BrF4N2O2S2/c11-7-3-6(5-16)9(12)8(4-7)21(18,19)17-1-2-20-10(13,14)15/h3-4,17H,1-2,5,16H2. The molecule has 0 aliphatic rings. The first-order valence-electron chi connectivity index (χ1n) is 5.45. The topological polar surface area (TPSA) is 72.2 Å². The van der Waals surface area contributed by atoms with Crippen LogP contribution in [0.15, 0.2) is 21.5 Å². The lowest BCUT2D eigenvalue weighted by molar-refractivity contribution is -0.0327. The van der Waals surface area contributed by atoms with Crippen molar-refractivity contribution in [2.75, 3.05) is 12.3 Å². The number of hydrogen-bond acceptors (Lipinski definition) is 4. The zero-order valence-electron chi connectivity index (χ0n) is 10.4. The number of benzene rings is 1. The van der Waals surface area contributed by atoms with Gasteiger partial charge in [-0.15, -0.1) is 0 Å². The van der Waals surface area contributed by atoms with Gasteiger partial charge in [-0.25, -0.2) is 17.5 Å². The summed E-state index contributed by atoms with van der Waals surface area (Å²) in [6.45, 7) is -0.686. The minimum absolute atomic E-state index is 0.0191. The van der Waals surface area contributed by atoms with Crippen molar-refractivity contribution < 1.29 is 26.0 Å². The summed E-state index contributed by atoms with van der Waals surface area (Å²) in [4.78, 5) is -0.658. The van der Waals surface area contributed by atoms with Crippen LogP contribution < -0.4 is 10.5 Å². The summed E-state index contributed by atoms with van der Waals surface area (Å²) in [5.41, 5.74) is 0.833. The average Bonchev–Trinajstić information content (AvgIpc) is 2.36. The maximum absolute atomic E-state index is 13.9. The Bertz CT molecular complexity index is 608. The molecule has 1 rings (SSSR count). The van der Waals surface area contributed by atoms with Crippen molar-refractivity contribution in [1.82, 2.24) is 4.72 Å². The minimum Gasteiger partial charge on any atom is -0.326 e. The molecule has 0 atom stereocenters. The molecule has 0 aliphatic carbocycles. The summed E-state index contributed by atoms with van der Waals surface area (Å²) < 4.78 is 75.7. The zero-order chi connectivity index (χ0) is 16.3. The van der Waals surface area contributed by atoms with Gasteiger partial charge in [-0.1, -0.05) is 15.9 Å². The van der Waals surface area contributed by atoms with Crippen molar-refractivity contribution >= 4 is 37.7 Å². The first-order valence-corrected chi connectivity index (χ1v) is 8.71. The minimum atomic E-state index is -4.45. The lowest BCUT2D eigenvalue weighted by atomic mass is 10.2. The average molecular weight is 411 g/mol. The second kappa shape index (κ2) is 7.27. The van der Waals surface area contributed by atoms with E-state index in [2.05, 4.69) is 15.9 Å². The van der Waals surface area contributed by atoms with E-state index in [9.17, 15) is 26.0 Å². The molecule has 1 aromatic rings. The van der Waals surface area contributed by atoms with Crippen LogP contribution in [0.5, 0.6) is 0 Å². The molecule has 0 bridgehead atoms. The molecular weight excluding hydrogens is 400 g/mol. The van der Waals surface area contributed by atoms with E-state index in [-0.39, 0.29) is 23.9 Å². The molecule has 0 heterocycles. The zero-order valence-corrected chi connectivity index (χ0v) is 13.6. The van der Waals surface area contributed by atoms with Crippen LogP contribution in [-0.2, 0) is 16.6 Å². The predicted octanol–water partition coefficient (Wildman–Crippen LogP) is 2.58. The van der Waals surface area contributed by atoms with Gasteiger partial charge in [0, 0.05) is 28.9 Å². The molecule has 0 amide bonds. The molecule has 0 aliphatic heterocycles. The third-order valence-corrected chi connectivity index (χ3v) is 4.90. The molecule has 0 aromatic heterocycles. The Morgan fingerprint density at radius 3 is 2.48 bits per heavy atom. The Labute approximate surface area is 131 Å². The molecule has 3 N–H and O–H groups in total. The van der Waals surface area contributed by atoms with E-state index in [1.165, 1.54) is 6.07 Å². The summed E-state index contributed by atoms with van der Waals surface area (Å²) >= 11 is 2.66. The Balaban J connectivity index is 2.86. The fraction of sp³-hybridized carbons (Fsp3) is 0.400. The summed E-state index contributed by atoms with van der Waals surface area (Å²) in [6.07, 6.45) is 0. The van der Waals surface area contributed by atoms with Crippen molar-refractivity contribution in [2.45, 2.75) is 16.9 Å². The lowest BCUT2D eigenvalue weighted by Crippen LogP contribution is -2.28. The number of hydrogen-bond donors (Lipinski definition) is 2. The molecular formula is C10H11BrF4N2O2S2. The monoisotopic (exact) mass is 410 g/mol. The lowest BCUT2D eigenvalue weighted by Gasteiger charge is -2.11. The molecule has 0 spiro atoms. The van der Waals surface area contributed by atoms with Crippen LogP contribution in [0, 0.1) is 5.82 Å². The molecule has 1 aromatic carbocycles. The van der Waals surface area contributed by atoms with Crippen LogP contribution in [0.25, 0.3) is 0 Å². The normalized spacial score (nSPS) is 12.7. The van der Waals surface area contributed by atoms with Crippen molar-refractivity contribution in [3.05, 3.63) is 28.0 Å². The molecule has 4 nitrogen and oxygen atoms in total. The highest BCUT2D eigenvalue weighted by Gasteiger charge is 2.28. The van der Waals surface area contributed by atoms with Gasteiger partial charge in [0.15, 0.2) is 0 Å². The van der Waals surface area contributed by atoms with Gasteiger partial charge in [0.1, 0.15) is 10.7 Å². The number of thioether (sulfide) groups is 1. The van der Waals surface area contributed by atoms with Crippen molar-refractivity contribution in [1.29, 1.82) is 0 Å². The third kappa shape index (κ3) is 5.74. The smallest absolute Gasteiger partial charge is 0.326 e. The van der Waals surface area contributed by atoms with Crippen LogP contribution >= 0.6 is 27.7 Å². The Morgan fingerprint density at radius 1 is 1.33 bits per heavy atom. The Kier molecular flexibility index (Phi) is 6.47. The maximum Gasteiger partial charge on any atom is 0.441 e. The molecule has 120 valence electrons. The van der Waals surface area contributed by atoms with Gasteiger partial charge < -0.3 is 5.73 Å². The highest BCUT2D eigenvalue weighted by molar-refractivity contribution is 9.10. The van der Waals surface area contributed by atoms with E-state index < -0.39 is 38.5 Å². The van der Waals surface area contributed by atoms with E-state index in [0.717, 1.165) is 6.07 Å². The molecule has 0 saturated heterocycles. The van der Waals surface area contributed by atoms with E-state index in [4.69, 9.17) is 5.73 Å². The van der Waals surface area contributed by atoms with Gasteiger partial charge in [-0.05, 0) is 23.9 Å². The van der Waals surface area contributed by atoms with Crippen LogP contribution in [0.4, 0.5) is 17.6 Å². The number of rotatable bonds is 6. The summed E-state index contributed by atoms with van der Waals surface area (Å²) in [5, 5.41) is 0. The van der Waals surface area contributed by atoms with Gasteiger partial charge in [-0.2, -0.15) is 13.2 Å². The molecule has 0 radical (unpaired) electrons. The molecule has 0 unspecified atom stereocenters. The molecule has 11 heteroatoms. The number of alkyl halides is 3. The number of nitrogens with two attached hydrogens (primary N) is 1. The molecule has 21 heavy (non-hydrogen) atoms. The highest BCUT2D eigenvalue weighted by atomic mass is 79.9. The first-order chi connectivity index (χ1) is 9.57. The third-order valence-electron chi connectivity index (χ3n) is 2.25. The quantitative estimate of drug-likeness (QED) is 0.558. The Hall–Kier alpha value is -0.360.